The predicted molar refractivity (Wildman–Crippen MR) is 48.8 cm³/mol. The Hall–Kier alpha value is -0.650. The van der Waals surface area contributed by atoms with Crippen molar-refractivity contribution in [3.8, 4) is 0 Å². The lowest BCUT2D eigenvalue weighted by Crippen LogP contribution is -2.39. The molecule has 0 aromatic carbocycles. The average Bonchev–Trinajstić information content (AvgIpc) is 2.02. The molecule has 1 unspecified atom stereocenters. The van der Waals surface area contributed by atoms with Gasteiger partial charge in [-0.2, -0.15) is 5.48 Å². The molecule has 0 aliphatic heterocycles. The number of ether oxygens (including phenoxy) is 1. The number of nitrogens with two attached hydrogens (primary N) is 1. The number of primary amides is 1. The molecule has 0 aliphatic rings. The number of carbonyl (C=O) groups is 1. The second kappa shape index (κ2) is 6.82. The van der Waals surface area contributed by atoms with Crippen LogP contribution in [0.2, 0.25) is 0 Å². The van der Waals surface area contributed by atoms with Crippen LogP contribution < -0.4 is 11.2 Å². The van der Waals surface area contributed by atoms with E-state index in [0.717, 1.165) is 0 Å². The van der Waals surface area contributed by atoms with E-state index in [1.165, 1.54) is 0 Å². The molecule has 78 valence electrons. The van der Waals surface area contributed by atoms with E-state index in [4.69, 9.17) is 15.3 Å². The number of methoxy groups -OCH3 is 1. The molecule has 13 heavy (non-hydrogen) atoms. The van der Waals surface area contributed by atoms with Crippen molar-refractivity contribution in [3.05, 3.63) is 0 Å². The third-order valence-corrected chi connectivity index (χ3v) is 1.60. The number of nitrogens with one attached hydrogen (secondary N) is 1. The molecule has 0 saturated carbocycles. The summed E-state index contributed by atoms with van der Waals surface area (Å²) in [5, 5.41) is 0. The van der Waals surface area contributed by atoms with Crippen LogP contribution in [0.5, 0.6) is 0 Å². The van der Waals surface area contributed by atoms with Gasteiger partial charge < -0.3 is 10.5 Å². The molecule has 3 N–H and O–H groups in total. The molecular formula is C8H18N2O3. The van der Waals surface area contributed by atoms with Crippen molar-refractivity contribution in [2.75, 3.05) is 20.3 Å². The summed E-state index contributed by atoms with van der Waals surface area (Å²) in [5.41, 5.74) is 7.62. The summed E-state index contributed by atoms with van der Waals surface area (Å²) in [4.78, 5) is 15.2. The monoisotopic (exact) mass is 190 g/mol. The zero-order valence-corrected chi connectivity index (χ0v) is 8.37. The number of amides is 1. The standard InChI is InChI=1S/C8H18N2O3/c1-6(2)7(4-12-3)10-13-5-8(9)11/h6-7,10H,4-5H2,1-3H3,(H2,9,11). The topological polar surface area (TPSA) is 73.6 Å². The minimum atomic E-state index is -0.493. The van der Waals surface area contributed by atoms with Gasteiger partial charge >= 0.3 is 0 Å². The summed E-state index contributed by atoms with van der Waals surface area (Å²) < 4.78 is 4.96. The zero-order chi connectivity index (χ0) is 10.3. The lowest BCUT2D eigenvalue weighted by Gasteiger charge is -2.20. The van der Waals surface area contributed by atoms with Crippen molar-refractivity contribution in [3.63, 3.8) is 0 Å². The lowest BCUT2D eigenvalue weighted by atomic mass is 10.1. The Kier molecular flexibility index (Phi) is 6.48. The van der Waals surface area contributed by atoms with Crippen LogP contribution in [0.4, 0.5) is 0 Å². The minimum Gasteiger partial charge on any atom is -0.383 e. The summed E-state index contributed by atoms with van der Waals surface area (Å²) in [6.07, 6.45) is 0. The summed E-state index contributed by atoms with van der Waals surface area (Å²) in [6.45, 7) is 4.48. The molecule has 1 amide bonds. The number of hydroxylamine groups is 1. The summed E-state index contributed by atoms with van der Waals surface area (Å²) >= 11 is 0. The molecule has 0 aliphatic carbocycles. The van der Waals surface area contributed by atoms with Crippen LogP contribution in [-0.2, 0) is 14.4 Å². The highest BCUT2D eigenvalue weighted by Gasteiger charge is 2.12. The van der Waals surface area contributed by atoms with Gasteiger partial charge in [0.1, 0.15) is 6.61 Å². The second-order valence-electron chi connectivity index (χ2n) is 3.18. The number of carbonyl (C=O) groups excluding carboxylic acids is 1. The van der Waals surface area contributed by atoms with Gasteiger partial charge in [0.25, 0.3) is 0 Å². The van der Waals surface area contributed by atoms with E-state index in [1.54, 1.807) is 7.11 Å². The SMILES string of the molecule is COCC(NOCC(N)=O)C(C)C. The maximum absolute atomic E-state index is 10.3. The summed E-state index contributed by atoms with van der Waals surface area (Å²) in [7, 11) is 1.62. The third kappa shape index (κ3) is 6.51. The van der Waals surface area contributed by atoms with Crippen LogP contribution in [0.25, 0.3) is 0 Å². The molecule has 0 saturated heterocycles. The first-order chi connectivity index (χ1) is 6.07. The highest BCUT2D eigenvalue weighted by Crippen LogP contribution is 2.01. The highest BCUT2D eigenvalue weighted by molar-refractivity contribution is 5.74. The quantitative estimate of drug-likeness (QED) is 0.539. The van der Waals surface area contributed by atoms with Gasteiger partial charge in [0.05, 0.1) is 12.6 Å². The van der Waals surface area contributed by atoms with E-state index in [9.17, 15) is 4.79 Å². The number of hydrogen-bond acceptors (Lipinski definition) is 4. The second-order valence-corrected chi connectivity index (χ2v) is 3.18. The van der Waals surface area contributed by atoms with Crippen LogP contribution in [0.3, 0.4) is 0 Å². The lowest BCUT2D eigenvalue weighted by molar-refractivity contribution is -0.127. The predicted octanol–water partition coefficient (Wildman–Crippen LogP) is -0.336. The largest absolute Gasteiger partial charge is 0.383 e. The molecule has 0 heterocycles. The van der Waals surface area contributed by atoms with E-state index < -0.39 is 5.91 Å². The molecule has 5 heteroatoms. The number of rotatable bonds is 7. The van der Waals surface area contributed by atoms with Gasteiger partial charge in [-0.15, -0.1) is 0 Å². The fourth-order valence-electron chi connectivity index (χ4n) is 0.762. The molecule has 5 nitrogen and oxygen atoms in total. The molecule has 0 bridgehead atoms. The Morgan fingerprint density at radius 3 is 2.54 bits per heavy atom. The first-order valence-corrected chi connectivity index (χ1v) is 4.22. The fourth-order valence-corrected chi connectivity index (χ4v) is 0.762. The zero-order valence-electron chi connectivity index (χ0n) is 8.37. The minimum absolute atomic E-state index is 0.0735. The first-order valence-electron chi connectivity index (χ1n) is 4.22. The summed E-state index contributed by atoms with van der Waals surface area (Å²) in [6, 6.07) is 0.0735. The molecule has 0 rings (SSSR count). The van der Waals surface area contributed by atoms with Crippen molar-refractivity contribution in [1.82, 2.24) is 5.48 Å². The van der Waals surface area contributed by atoms with Gasteiger partial charge in [0.15, 0.2) is 0 Å². The molecular weight excluding hydrogens is 172 g/mol. The third-order valence-electron chi connectivity index (χ3n) is 1.60. The fraction of sp³-hybridized carbons (Fsp3) is 0.875. The van der Waals surface area contributed by atoms with E-state index in [2.05, 4.69) is 5.48 Å². The first kappa shape index (κ1) is 12.3. The average molecular weight is 190 g/mol. The van der Waals surface area contributed by atoms with Gasteiger partial charge in [-0.05, 0) is 5.92 Å². The Morgan fingerprint density at radius 2 is 2.15 bits per heavy atom. The van der Waals surface area contributed by atoms with Crippen LogP contribution in [0.15, 0.2) is 0 Å². The van der Waals surface area contributed by atoms with Crippen molar-refractivity contribution < 1.29 is 14.4 Å². The Labute approximate surface area is 78.5 Å². The van der Waals surface area contributed by atoms with Crippen molar-refractivity contribution >= 4 is 5.91 Å². The molecule has 0 aromatic heterocycles. The number of hydrogen-bond donors (Lipinski definition) is 2. The van der Waals surface area contributed by atoms with Crippen LogP contribution in [-0.4, -0.2) is 32.3 Å². The smallest absolute Gasteiger partial charge is 0.245 e. The highest BCUT2D eigenvalue weighted by atomic mass is 16.6. The van der Waals surface area contributed by atoms with Gasteiger partial charge in [-0.1, -0.05) is 13.8 Å². The van der Waals surface area contributed by atoms with E-state index in [1.807, 2.05) is 13.8 Å². The molecule has 0 aromatic rings. The van der Waals surface area contributed by atoms with Crippen molar-refractivity contribution in [2.24, 2.45) is 11.7 Å². The van der Waals surface area contributed by atoms with Gasteiger partial charge in [-0.25, -0.2) is 0 Å². The van der Waals surface area contributed by atoms with Crippen molar-refractivity contribution in [2.45, 2.75) is 19.9 Å². The normalized spacial score (nSPS) is 13.2. The molecule has 1 atom stereocenters. The Bertz CT molecular complexity index is 150. The maximum Gasteiger partial charge on any atom is 0.245 e. The Balaban J connectivity index is 3.62. The van der Waals surface area contributed by atoms with Gasteiger partial charge in [-0.3, -0.25) is 9.63 Å². The maximum atomic E-state index is 10.3. The Morgan fingerprint density at radius 1 is 1.54 bits per heavy atom. The van der Waals surface area contributed by atoms with Crippen LogP contribution in [0.1, 0.15) is 13.8 Å². The van der Waals surface area contributed by atoms with E-state index in [-0.39, 0.29) is 12.6 Å². The molecule has 0 spiro atoms. The van der Waals surface area contributed by atoms with Crippen LogP contribution in [0, 0.1) is 5.92 Å². The molecule has 0 radical (unpaired) electrons. The summed E-state index contributed by atoms with van der Waals surface area (Å²) in [5.74, 6) is -0.125. The van der Waals surface area contributed by atoms with Crippen molar-refractivity contribution in [1.29, 1.82) is 0 Å². The molecule has 0 fully saturated rings. The van der Waals surface area contributed by atoms with Gasteiger partial charge in [0.2, 0.25) is 5.91 Å². The van der Waals surface area contributed by atoms with Gasteiger partial charge in [0, 0.05) is 7.11 Å². The van der Waals surface area contributed by atoms with Crippen LogP contribution >= 0.6 is 0 Å². The van der Waals surface area contributed by atoms with E-state index >= 15 is 0 Å². The van der Waals surface area contributed by atoms with E-state index in [0.29, 0.717) is 12.5 Å².